The summed E-state index contributed by atoms with van der Waals surface area (Å²) in [5.41, 5.74) is 16.5. The highest BCUT2D eigenvalue weighted by molar-refractivity contribution is 6.04. The second kappa shape index (κ2) is 6.32. The fraction of sp³-hybridized carbons (Fsp3) is 0.263. The van der Waals surface area contributed by atoms with Crippen molar-refractivity contribution in [1.82, 2.24) is 24.4 Å². The molecule has 1 fully saturated rings. The van der Waals surface area contributed by atoms with Crippen LogP contribution in [0.1, 0.15) is 30.3 Å². The van der Waals surface area contributed by atoms with Gasteiger partial charge in [0.15, 0.2) is 17.6 Å². The van der Waals surface area contributed by atoms with Gasteiger partial charge in [-0.1, -0.05) is 6.07 Å². The maximum atomic E-state index is 13.3. The third-order valence-corrected chi connectivity index (χ3v) is 5.18. The monoisotopic (exact) mass is 389 g/mol. The first-order chi connectivity index (χ1) is 14.1. The summed E-state index contributed by atoms with van der Waals surface area (Å²) in [5.74, 6) is 0.472. The van der Waals surface area contributed by atoms with Crippen LogP contribution in [0.25, 0.3) is 33.1 Å². The molecule has 0 unspecified atom stereocenters. The number of rotatable bonds is 4. The largest absolute Gasteiger partial charge is 0.437 e. The summed E-state index contributed by atoms with van der Waals surface area (Å²) in [7, 11) is 0. The van der Waals surface area contributed by atoms with Crippen molar-refractivity contribution in [2.45, 2.75) is 32.4 Å². The van der Waals surface area contributed by atoms with Crippen LogP contribution in [0.15, 0.2) is 38.9 Å². The molecule has 3 N–H and O–H groups in total. The molecule has 144 valence electrons. The Morgan fingerprint density at radius 2 is 2.10 bits per heavy atom. The molecule has 1 saturated carbocycles. The van der Waals surface area contributed by atoms with E-state index in [0.717, 1.165) is 40.4 Å². The van der Waals surface area contributed by atoms with E-state index in [1.165, 1.54) is 0 Å². The predicted molar refractivity (Wildman–Crippen MR) is 105 cm³/mol. The summed E-state index contributed by atoms with van der Waals surface area (Å²) in [4.78, 5) is 28.7. The average molecular weight is 389 g/mol. The van der Waals surface area contributed by atoms with Gasteiger partial charge in [-0.2, -0.15) is 0 Å². The molecule has 0 aliphatic heterocycles. The number of aryl methyl sites for hydroxylation is 1. The van der Waals surface area contributed by atoms with E-state index in [2.05, 4.69) is 25.0 Å². The Balaban J connectivity index is 1.84. The van der Waals surface area contributed by atoms with Crippen molar-refractivity contribution in [2.75, 3.05) is 5.73 Å². The lowest BCUT2D eigenvalue weighted by molar-refractivity contribution is 0.528. The summed E-state index contributed by atoms with van der Waals surface area (Å²) in [6.07, 6.45) is 5.25. The smallest absolute Gasteiger partial charge is 0.281 e. The second-order valence-corrected chi connectivity index (χ2v) is 7.06. The van der Waals surface area contributed by atoms with E-state index < -0.39 is 0 Å². The van der Waals surface area contributed by atoms with Crippen LogP contribution in [-0.2, 0) is 6.54 Å². The van der Waals surface area contributed by atoms with Gasteiger partial charge in [0.05, 0.1) is 5.52 Å². The standard InChI is InChI=1S/C19H16N8O2/c1-9-12(10-6-22-19(20)23-7-10)4-5-13-16(9)27(11-2-3-11)18(28)15-17(13)29-14(25-15)8-24-26-21/h4-7,11,21H,2-3,8H2,1H3,(H-,20,22,23,28)/p+1. The number of nitrogens with one attached hydrogen (secondary N) is 1. The quantitative estimate of drug-likeness (QED) is 0.404. The van der Waals surface area contributed by atoms with Gasteiger partial charge in [-0.05, 0) is 37.0 Å². The lowest BCUT2D eigenvalue weighted by atomic mass is 9.99. The predicted octanol–water partition coefficient (Wildman–Crippen LogP) is 2.88. The number of nitrogen functional groups attached to an aromatic ring is 1. The zero-order chi connectivity index (χ0) is 20.1. The summed E-state index contributed by atoms with van der Waals surface area (Å²) in [6.45, 7) is 1.99. The van der Waals surface area contributed by atoms with Crippen molar-refractivity contribution in [2.24, 2.45) is 5.11 Å². The van der Waals surface area contributed by atoms with Gasteiger partial charge in [0.25, 0.3) is 5.56 Å². The van der Waals surface area contributed by atoms with E-state index in [9.17, 15) is 4.79 Å². The van der Waals surface area contributed by atoms with Crippen LogP contribution in [0.2, 0.25) is 0 Å². The van der Waals surface area contributed by atoms with Gasteiger partial charge in [-0.15, -0.1) is 0 Å². The van der Waals surface area contributed by atoms with Crippen molar-refractivity contribution >= 4 is 28.0 Å². The molecule has 0 spiro atoms. The van der Waals surface area contributed by atoms with E-state index in [1.54, 1.807) is 12.4 Å². The van der Waals surface area contributed by atoms with E-state index in [0.29, 0.717) is 5.58 Å². The second-order valence-electron chi connectivity index (χ2n) is 7.06. The molecule has 0 atom stereocenters. The number of benzene rings is 1. The van der Waals surface area contributed by atoms with E-state index in [4.69, 9.17) is 15.7 Å². The Kier molecular flexibility index (Phi) is 3.75. The minimum absolute atomic E-state index is 0.0163. The normalized spacial score (nSPS) is 13.7. The van der Waals surface area contributed by atoms with Crippen molar-refractivity contribution in [3.63, 3.8) is 0 Å². The molecular weight excluding hydrogens is 372 g/mol. The molecule has 10 heteroatoms. The van der Waals surface area contributed by atoms with Gasteiger partial charge in [-0.25, -0.2) is 15.0 Å². The Morgan fingerprint density at radius 3 is 2.79 bits per heavy atom. The van der Waals surface area contributed by atoms with Crippen molar-refractivity contribution in [3.8, 4) is 11.1 Å². The topological polar surface area (TPSA) is 150 Å². The number of oxazole rings is 1. The van der Waals surface area contributed by atoms with Gasteiger partial charge < -0.3 is 14.7 Å². The van der Waals surface area contributed by atoms with Gasteiger partial charge in [-0.3, -0.25) is 4.79 Å². The van der Waals surface area contributed by atoms with Gasteiger partial charge in [0.1, 0.15) is 10.6 Å². The van der Waals surface area contributed by atoms with Crippen molar-refractivity contribution < 1.29 is 4.42 Å². The molecule has 1 aliphatic rings. The fourth-order valence-corrected chi connectivity index (χ4v) is 3.74. The average Bonchev–Trinajstić information content (AvgIpc) is 3.46. The van der Waals surface area contributed by atoms with Crippen molar-refractivity contribution in [1.29, 1.82) is 5.53 Å². The summed E-state index contributed by atoms with van der Waals surface area (Å²) >= 11 is 0. The summed E-state index contributed by atoms with van der Waals surface area (Å²) in [6, 6.07) is 4.04. The highest BCUT2D eigenvalue weighted by atomic mass is 16.3. The summed E-state index contributed by atoms with van der Waals surface area (Å²) < 4.78 is 7.66. The number of pyridine rings is 1. The molecule has 3 aromatic heterocycles. The summed E-state index contributed by atoms with van der Waals surface area (Å²) in [5, 5.41) is 4.41. The first-order valence-electron chi connectivity index (χ1n) is 9.17. The molecule has 4 aromatic rings. The van der Waals surface area contributed by atoms with Crippen LogP contribution in [0.4, 0.5) is 5.95 Å². The lowest BCUT2D eigenvalue weighted by Crippen LogP contribution is -2.20. The van der Waals surface area contributed by atoms with Crippen molar-refractivity contribution in [3.05, 3.63) is 46.3 Å². The van der Waals surface area contributed by atoms with Crippen LogP contribution < -0.4 is 16.2 Å². The minimum Gasteiger partial charge on any atom is -0.437 e. The van der Waals surface area contributed by atoms with Gasteiger partial charge >= 0.3 is 0 Å². The minimum atomic E-state index is -0.179. The molecule has 0 amide bonds. The van der Waals surface area contributed by atoms with Crippen LogP contribution in [-0.4, -0.2) is 19.5 Å². The SMILES string of the molecule is Cc1c(-c2cnc(N)nc2)ccc2c3oc(CN=[N+]=N)nc3c(=O)n(C3CC3)c12. The van der Waals surface area contributed by atoms with E-state index in [-0.39, 0.29) is 35.5 Å². The molecule has 5 rings (SSSR count). The van der Waals surface area contributed by atoms with Crippen LogP contribution >= 0.6 is 0 Å². The first-order valence-corrected chi connectivity index (χ1v) is 9.17. The molecule has 1 aromatic carbocycles. The number of hydrogen-bond acceptors (Lipinski definition) is 8. The maximum absolute atomic E-state index is 13.3. The molecular formula is C19H17N8O2+. The van der Waals surface area contributed by atoms with Gasteiger partial charge in [0, 0.05) is 29.4 Å². The molecule has 29 heavy (non-hydrogen) atoms. The third-order valence-electron chi connectivity index (χ3n) is 5.18. The third kappa shape index (κ3) is 2.69. The zero-order valence-corrected chi connectivity index (χ0v) is 15.6. The Hall–Kier alpha value is -3.91. The Morgan fingerprint density at radius 1 is 1.34 bits per heavy atom. The Labute approximate surface area is 163 Å². The number of anilines is 1. The maximum Gasteiger partial charge on any atom is 0.281 e. The van der Waals surface area contributed by atoms with Gasteiger partial charge in [0.2, 0.25) is 16.8 Å². The highest BCUT2D eigenvalue weighted by Gasteiger charge is 2.30. The molecule has 0 saturated heterocycles. The lowest BCUT2D eigenvalue weighted by Gasteiger charge is -2.15. The molecule has 10 nitrogen and oxygen atoms in total. The van der Waals surface area contributed by atoms with Crippen LogP contribution in [0, 0.1) is 12.5 Å². The molecule has 0 radical (unpaired) electrons. The number of nitrogens with two attached hydrogens (primary N) is 1. The highest BCUT2D eigenvalue weighted by Crippen LogP contribution is 2.40. The number of fused-ring (bicyclic) bond motifs is 3. The fourth-order valence-electron chi connectivity index (χ4n) is 3.74. The first kappa shape index (κ1) is 17.2. The van der Waals surface area contributed by atoms with Crippen LogP contribution in [0.3, 0.4) is 0 Å². The number of hydrogen-bond donors (Lipinski definition) is 2. The van der Waals surface area contributed by atoms with E-state index in [1.807, 2.05) is 23.6 Å². The number of nitrogens with zero attached hydrogens (tertiary/aromatic N) is 6. The molecule has 3 heterocycles. The number of aromatic nitrogens is 4. The molecule has 0 bridgehead atoms. The Bertz CT molecular complexity index is 1380. The van der Waals surface area contributed by atoms with Crippen LogP contribution in [0.5, 0.6) is 0 Å². The van der Waals surface area contributed by atoms with E-state index >= 15 is 0 Å². The zero-order valence-electron chi connectivity index (χ0n) is 15.6. The molecule has 1 aliphatic carbocycles.